The number of benzene rings is 2. The van der Waals surface area contributed by atoms with Gasteiger partial charge in [-0.25, -0.2) is 9.18 Å². The van der Waals surface area contributed by atoms with Gasteiger partial charge < -0.3 is 16.4 Å². The molecule has 0 fully saturated rings. The van der Waals surface area contributed by atoms with Crippen molar-refractivity contribution in [3.05, 3.63) is 53.8 Å². The fourth-order valence-corrected chi connectivity index (χ4v) is 2.34. The number of anilines is 2. The third-order valence-electron chi connectivity index (χ3n) is 3.55. The highest BCUT2D eigenvalue weighted by Gasteiger charge is 2.11. The predicted octanol–water partition coefficient (Wildman–Crippen LogP) is 3.17. The van der Waals surface area contributed by atoms with Gasteiger partial charge in [0.2, 0.25) is 0 Å². The summed E-state index contributed by atoms with van der Waals surface area (Å²) in [6, 6.07) is 10.7. The molecule has 0 saturated carbocycles. The van der Waals surface area contributed by atoms with Crippen LogP contribution in [0.2, 0.25) is 0 Å². The highest BCUT2D eigenvalue weighted by molar-refractivity contribution is 5.95. The summed E-state index contributed by atoms with van der Waals surface area (Å²) in [5.74, 6) is 0.0367. The van der Waals surface area contributed by atoms with Crippen LogP contribution >= 0.6 is 0 Å². The highest BCUT2D eigenvalue weighted by Crippen LogP contribution is 2.22. The van der Waals surface area contributed by atoms with E-state index in [1.54, 1.807) is 37.3 Å². The Hall–Kier alpha value is -3.09. The second-order valence-electron chi connectivity index (χ2n) is 5.24. The molecule has 2 aromatic carbocycles. The highest BCUT2D eigenvalue weighted by atomic mass is 19.1. The average molecular weight is 313 g/mol. The lowest BCUT2D eigenvalue weighted by Gasteiger charge is -2.15. The molecule has 1 aromatic heterocycles. The van der Waals surface area contributed by atoms with Gasteiger partial charge >= 0.3 is 6.03 Å². The lowest BCUT2D eigenvalue weighted by molar-refractivity contribution is 0.249. The third kappa shape index (κ3) is 3.23. The first kappa shape index (κ1) is 14.8. The Balaban J connectivity index is 1.69. The fourth-order valence-electron chi connectivity index (χ4n) is 2.34. The summed E-state index contributed by atoms with van der Waals surface area (Å²) in [7, 11) is 0. The zero-order valence-corrected chi connectivity index (χ0v) is 12.4. The number of aromatic nitrogens is 2. The summed E-state index contributed by atoms with van der Waals surface area (Å²) >= 11 is 0. The molecule has 0 spiro atoms. The SMILES string of the molecule is CC(NC(=O)Nc1ccc2[nH]nc(N)c2c1)c1cccc(F)c1. The molecule has 3 rings (SSSR count). The number of amides is 2. The molecule has 7 heteroatoms. The molecule has 1 atom stereocenters. The zero-order chi connectivity index (χ0) is 16.4. The maximum Gasteiger partial charge on any atom is 0.319 e. The number of halogens is 1. The number of carbonyl (C=O) groups excluding carboxylic acids is 1. The van der Waals surface area contributed by atoms with Crippen LogP contribution in [0.1, 0.15) is 18.5 Å². The molecule has 5 N–H and O–H groups in total. The molecule has 0 aliphatic rings. The average Bonchev–Trinajstić information content (AvgIpc) is 2.88. The van der Waals surface area contributed by atoms with Crippen molar-refractivity contribution in [2.24, 2.45) is 0 Å². The molecule has 118 valence electrons. The van der Waals surface area contributed by atoms with E-state index in [-0.39, 0.29) is 17.9 Å². The van der Waals surface area contributed by atoms with E-state index in [1.807, 2.05) is 0 Å². The largest absolute Gasteiger partial charge is 0.382 e. The number of carbonyl (C=O) groups is 1. The second kappa shape index (κ2) is 5.96. The number of aromatic amines is 1. The monoisotopic (exact) mass is 313 g/mol. The van der Waals surface area contributed by atoms with E-state index < -0.39 is 0 Å². The minimum absolute atomic E-state index is 0.326. The van der Waals surface area contributed by atoms with Crippen molar-refractivity contribution < 1.29 is 9.18 Å². The van der Waals surface area contributed by atoms with Crippen molar-refractivity contribution in [1.29, 1.82) is 0 Å². The van der Waals surface area contributed by atoms with Crippen LogP contribution in [0.4, 0.5) is 20.7 Å². The molecule has 3 aromatic rings. The topological polar surface area (TPSA) is 95.8 Å². The Morgan fingerprint density at radius 2 is 2.13 bits per heavy atom. The van der Waals surface area contributed by atoms with Crippen LogP contribution in [0.15, 0.2) is 42.5 Å². The van der Waals surface area contributed by atoms with E-state index in [0.717, 1.165) is 10.9 Å². The lowest BCUT2D eigenvalue weighted by Crippen LogP contribution is -2.31. The maximum absolute atomic E-state index is 13.2. The molecule has 0 bridgehead atoms. The zero-order valence-electron chi connectivity index (χ0n) is 12.4. The van der Waals surface area contributed by atoms with Gasteiger partial charge in [0.1, 0.15) is 5.82 Å². The molecule has 0 radical (unpaired) electrons. The number of nitrogens with one attached hydrogen (secondary N) is 3. The smallest absolute Gasteiger partial charge is 0.319 e. The summed E-state index contributed by atoms with van der Waals surface area (Å²) in [6.45, 7) is 1.78. The number of urea groups is 1. The number of nitrogen functional groups attached to an aromatic ring is 1. The number of H-pyrrole nitrogens is 1. The first-order valence-electron chi connectivity index (χ1n) is 7.09. The van der Waals surface area contributed by atoms with Gasteiger partial charge in [-0.2, -0.15) is 5.10 Å². The van der Waals surface area contributed by atoms with E-state index in [9.17, 15) is 9.18 Å². The standard InChI is InChI=1S/C16H16FN5O/c1-9(10-3-2-4-11(17)7-10)19-16(23)20-12-5-6-14-13(8-12)15(18)22-21-14/h2-9H,1H3,(H3,18,21,22)(H2,19,20,23). The van der Waals surface area contributed by atoms with Crippen molar-refractivity contribution in [1.82, 2.24) is 15.5 Å². The molecule has 0 saturated heterocycles. The summed E-state index contributed by atoms with van der Waals surface area (Å²) in [5, 5.41) is 12.9. The number of hydrogen-bond acceptors (Lipinski definition) is 3. The van der Waals surface area contributed by atoms with Gasteiger partial charge in [-0.3, -0.25) is 5.10 Å². The molecule has 0 aliphatic carbocycles. The molecule has 1 unspecified atom stereocenters. The Morgan fingerprint density at radius 1 is 1.30 bits per heavy atom. The van der Waals surface area contributed by atoms with Crippen LogP contribution in [0.5, 0.6) is 0 Å². The fraction of sp³-hybridized carbons (Fsp3) is 0.125. The number of nitrogens with zero attached hydrogens (tertiary/aromatic N) is 1. The van der Waals surface area contributed by atoms with E-state index in [1.165, 1.54) is 12.1 Å². The maximum atomic E-state index is 13.2. The second-order valence-corrected chi connectivity index (χ2v) is 5.24. The van der Waals surface area contributed by atoms with Crippen LogP contribution in [-0.2, 0) is 0 Å². The minimum atomic E-state index is -0.386. The van der Waals surface area contributed by atoms with Gasteiger partial charge in [-0.05, 0) is 42.8 Å². The number of hydrogen-bond donors (Lipinski definition) is 4. The quantitative estimate of drug-likeness (QED) is 0.598. The Kier molecular flexibility index (Phi) is 3.84. The first-order chi connectivity index (χ1) is 11.0. The van der Waals surface area contributed by atoms with Gasteiger partial charge in [0.05, 0.1) is 11.6 Å². The predicted molar refractivity (Wildman–Crippen MR) is 87.5 cm³/mol. The molecule has 0 aliphatic heterocycles. The van der Waals surface area contributed by atoms with E-state index >= 15 is 0 Å². The van der Waals surface area contributed by atoms with Crippen LogP contribution in [0, 0.1) is 5.82 Å². The Bertz CT molecular complexity index is 861. The van der Waals surface area contributed by atoms with Gasteiger partial charge in [-0.15, -0.1) is 0 Å². The van der Waals surface area contributed by atoms with E-state index in [0.29, 0.717) is 17.1 Å². The van der Waals surface area contributed by atoms with Crippen LogP contribution < -0.4 is 16.4 Å². The van der Waals surface area contributed by atoms with Crippen molar-refractivity contribution in [2.45, 2.75) is 13.0 Å². The van der Waals surface area contributed by atoms with Crippen molar-refractivity contribution in [3.8, 4) is 0 Å². The molecular weight excluding hydrogens is 297 g/mol. The van der Waals surface area contributed by atoms with Gasteiger partial charge in [0.15, 0.2) is 5.82 Å². The third-order valence-corrected chi connectivity index (χ3v) is 3.55. The number of fused-ring (bicyclic) bond motifs is 1. The lowest BCUT2D eigenvalue weighted by atomic mass is 10.1. The molecular formula is C16H16FN5O. The molecule has 1 heterocycles. The molecule has 6 nitrogen and oxygen atoms in total. The van der Waals surface area contributed by atoms with Crippen LogP contribution in [0.3, 0.4) is 0 Å². The molecule has 2 amide bonds. The van der Waals surface area contributed by atoms with Gasteiger partial charge in [0, 0.05) is 11.1 Å². The Labute approximate surface area is 131 Å². The van der Waals surface area contributed by atoms with Crippen molar-refractivity contribution in [2.75, 3.05) is 11.1 Å². The summed E-state index contributed by atoms with van der Waals surface area (Å²) < 4.78 is 13.2. The van der Waals surface area contributed by atoms with Crippen molar-refractivity contribution in [3.63, 3.8) is 0 Å². The number of rotatable bonds is 3. The first-order valence-corrected chi connectivity index (χ1v) is 7.09. The number of nitrogens with two attached hydrogens (primary N) is 1. The summed E-state index contributed by atoms with van der Waals surface area (Å²) in [6.07, 6.45) is 0. The minimum Gasteiger partial charge on any atom is -0.382 e. The van der Waals surface area contributed by atoms with Crippen LogP contribution in [-0.4, -0.2) is 16.2 Å². The van der Waals surface area contributed by atoms with Gasteiger partial charge in [0.25, 0.3) is 0 Å². The molecule has 23 heavy (non-hydrogen) atoms. The Morgan fingerprint density at radius 3 is 2.91 bits per heavy atom. The van der Waals surface area contributed by atoms with E-state index in [4.69, 9.17) is 5.73 Å². The van der Waals surface area contributed by atoms with E-state index in [2.05, 4.69) is 20.8 Å². The summed E-state index contributed by atoms with van der Waals surface area (Å²) in [5.41, 5.74) is 7.82. The normalized spacial score (nSPS) is 12.1. The van der Waals surface area contributed by atoms with Gasteiger partial charge in [-0.1, -0.05) is 12.1 Å². The van der Waals surface area contributed by atoms with Crippen molar-refractivity contribution >= 4 is 28.4 Å². The van der Waals surface area contributed by atoms with Crippen LogP contribution in [0.25, 0.3) is 10.9 Å². The summed E-state index contributed by atoms with van der Waals surface area (Å²) in [4.78, 5) is 12.1.